The second kappa shape index (κ2) is 6.57. The molecule has 0 aliphatic heterocycles. The number of likely N-dealkylation sites (N-methyl/N-ethyl adjacent to an activating group) is 1. The molecule has 0 amide bonds. The normalized spacial score (nSPS) is 12.4. The van der Waals surface area contributed by atoms with E-state index in [1.54, 1.807) is 12.3 Å². The summed E-state index contributed by atoms with van der Waals surface area (Å²) in [5, 5.41) is 3.18. The minimum atomic E-state index is -0.817. The quantitative estimate of drug-likeness (QED) is 0.903. The molecule has 0 radical (unpaired) electrons. The number of benzene rings is 1. The third-order valence-electron chi connectivity index (χ3n) is 3.19. The Bertz CT molecular complexity index is 567. The van der Waals surface area contributed by atoms with E-state index < -0.39 is 11.6 Å². The lowest BCUT2D eigenvalue weighted by Crippen LogP contribution is -2.24. The zero-order valence-electron chi connectivity index (χ0n) is 11.7. The van der Waals surface area contributed by atoms with Crippen LogP contribution in [0.5, 0.6) is 0 Å². The van der Waals surface area contributed by atoms with Crippen LogP contribution in [0.25, 0.3) is 0 Å². The largest absolute Gasteiger partial charge is 0.310 e. The van der Waals surface area contributed by atoms with E-state index in [4.69, 9.17) is 0 Å². The number of halogens is 2. The summed E-state index contributed by atoms with van der Waals surface area (Å²) >= 11 is 0. The summed E-state index contributed by atoms with van der Waals surface area (Å²) < 4.78 is 27.3. The fourth-order valence-corrected chi connectivity index (χ4v) is 2.16. The van der Waals surface area contributed by atoms with Gasteiger partial charge in [-0.2, -0.15) is 0 Å². The molecule has 0 aliphatic rings. The first-order chi connectivity index (χ1) is 9.61. The van der Waals surface area contributed by atoms with Gasteiger partial charge in [0.1, 0.15) is 0 Å². The van der Waals surface area contributed by atoms with Gasteiger partial charge in [-0.05, 0) is 31.2 Å². The molecule has 4 heteroatoms. The average molecular weight is 276 g/mol. The van der Waals surface area contributed by atoms with Gasteiger partial charge in [0.05, 0.1) is 0 Å². The Labute approximate surface area is 117 Å². The smallest absolute Gasteiger partial charge is 0.163 e. The molecule has 0 saturated heterocycles. The van der Waals surface area contributed by atoms with E-state index in [0.29, 0.717) is 18.5 Å². The molecule has 2 aromatic rings. The number of nitrogens with one attached hydrogen (secondary N) is 1. The Balaban J connectivity index is 2.26. The highest BCUT2D eigenvalue weighted by atomic mass is 19.2. The minimum Gasteiger partial charge on any atom is -0.310 e. The number of aromatic nitrogens is 1. The van der Waals surface area contributed by atoms with Gasteiger partial charge < -0.3 is 5.32 Å². The van der Waals surface area contributed by atoms with Crippen molar-refractivity contribution in [2.24, 2.45) is 0 Å². The van der Waals surface area contributed by atoms with Crippen molar-refractivity contribution in [3.8, 4) is 0 Å². The van der Waals surface area contributed by atoms with Crippen molar-refractivity contribution in [3.63, 3.8) is 0 Å². The van der Waals surface area contributed by atoms with Crippen LogP contribution in [-0.4, -0.2) is 11.5 Å². The molecule has 0 aliphatic carbocycles. The lowest BCUT2D eigenvalue weighted by atomic mass is 10.0. The molecule has 1 unspecified atom stereocenters. The third-order valence-corrected chi connectivity index (χ3v) is 3.19. The minimum absolute atomic E-state index is 0.286. The standard InChI is InChI=1S/C16H18F2N2/c1-3-19-15(9-12-8-7-11(2)10-20-12)13-5-4-6-14(17)16(13)18/h4-8,10,15,19H,3,9H2,1-2H3. The lowest BCUT2D eigenvalue weighted by molar-refractivity contribution is 0.463. The van der Waals surface area contributed by atoms with E-state index in [-0.39, 0.29) is 6.04 Å². The molecule has 1 N–H and O–H groups in total. The first-order valence-electron chi connectivity index (χ1n) is 6.70. The Morgan fingerprint density at radius 2 is 2.00 bits per heavy atom. The molecule has 1 atom stereocenters. The first kappa shape index (κ1) is 14.6. The van der Waals surface area contributed by atoms with Gasteiger partial charge in [-0.1, -0.05) is 25.1 Å². The highest BCUT2D eigenvalue weighted by Gasteiger charge is 2.18. The number of nitrogens with zero attached hydrogens (tertiary/aromatic N) is 1. The van der Waals surface area contributed by atoms with Crippen LogP contribution in [0.2, 0.25) is 0 Å². The summed E-state index contributed by atoms with van der Waals surface area (Å²) in [6.45, 7) is 4.57. The molecule has 1 aromatic carbocycles. The third kappa shape index (κ3) is 3.39. The van der Waals surface area contributed by atoms with Crippen molar-refractivity contribution in [1.29, 1.82) is 0 Å². The molecule has 2 rings (SSSR count). The van der Waals surface area contributed by atoms with Gasteiger partial charge in [-0.25, -0.2) is 8.78 Å². The molecule has 2 nitrogen and oxygen atoms in total. The number of pyridine rings is 1. The van der Waals surface area contributed by atoms with E-state index in [2.05, 4.69) is 10.3 Å². The predicted octanol–water partition coefficient (Wildman–Crippen LogP) is 3.56. The van der Waals surface area contributed by atoms with Crippen LogP contribution in [0, 0.1) is 18.6 Å². The van der Waals surface area contributed by atoms with Gasteiger partial charge in [0, 0.05) is 29.9 Å². The Hall–Kier alpha value is -1.81. The van der Waals surface area contributed by atoms with Crippen LogP contribution in [0.4, 0.5) is 8.78 Å². The maximum atomic E-state index is 13.9. The van der Waals surface area contributed by atoms with Gasteiger partial charge in [0.2, 0.25) is 0 Å². The molecule has 20 heavy (non-hydrogen) atoms. The van der Waals surface area contributed by atoms with Crippen LogP contribution in [-0.2, 0) is 6.42 Å². The monoisotopic (exact) mass is 276 g/mol. The Kier molecular flexibility index (Phi) is 4.79. The highest BCUT2D eigenvalue weighted by molar-refractivity contribution is 5.24. The average Bonchev–Trinajstić information content (AvgIpc) is 2.44. The van der Waals surface area contributed by atoms with Crippen molar-refractivity contribution in [1.82, 2.24) is 10.3 Å². The van der Waals surface area contributed by atoms with Gasteiger partial charge in [-0.15, -0.1) is 0 Å². The van der Waals surface area contributed by atoms with Crippen molar-refractivity contribution in [2.75, 3.05) is 6.54 Å². The van der Waals surface area contributed by atoms with Gasteiger partial charge in [0.15, 0.2) is 11.6 Å². The number of aryl methyl sites for hydroxylation is 1. The van der Waals surface area contributed by atoms with Crippen molar-refractivity contribution in [2.45, 2.75) is 26.3 Å². The van der Waals surface area contributed by atoms with E-state index in [1.807, 2.05) is 26.0 Å². The van der Waals surface area contributed by atoms with Crippen molar-refractivity contribution in [3.05, 3.63) is 65.0 Å². The van der Waals surface area contributed by atoms with Crippen molar-refractivity contribution < 1.29 is 8.78 Å². The lowest BCUT2D eigenvalue weighted by Gasteiger charge is -2.19. The summed E-state index contributed by atoms with van der Waals surface area (Å²) in [5.74, 6) is -1.60. The maximum absolute atomic E-state index is 13.9. The number of rotatable bonds is 5. The summed E-state index contributed by atoms with van der Waals surface area (Å²) in [6, 6.07) is 7.86. The Morgan fingerprint density at radius 1 is 1.20 bits per heavy atom. The molecule has 0 fully saturated rings. The SMILES string of the molecule is CCNC(Cc1ccc(C)cn1)c1cccc(F)c1F. The van der Waals surface area contributed by atoms with E-state index >= 15 is 0 Å². The second-order valence-corrected chi connectivity index (χ2v) is 4.78. The molecule has 1 aromatic heterocycles. The van der Waals surface area contributed by atoms with Crippen LogP contribution < -0.4 is 5.32 Å². The molecule has 106 valence electrons. The fourth-order valence-electron chi connectivity index (χ4n) is 2.16. The van der Waals surface area contributed by atoms with Crippen LogP contribution in [0.3, 0.4) is 0 Å². The van der Waals surface area contributed by atoms with Gasteiger partial charge in [0.25, 0.3) is 0 Å². The molecule has 0 saturated carbocycles. The molecular weight excluding hydrogens is 258 g/mol. The fraction of sp³-hybridized carbons (Fsp3) is 0.312. The highest BCUT2D eigenvalue weighted by Crippen LogP contribution is 2.22. The zero-order valence-corrected chi connectivity index (χ0v) is 11.7. The zero-order chi connectivity index (χ0) is 14.5. The summed E-state index contributed by atoms with van der Waals surface area (Å²) in [6.07, 6.45) is 2.30. The summed E-state index contributed by atoms with van der Waals surface area (Å²) in [5.41, 5.74) is 2.27. The topological polar surface area (TPSA) is 24.9 Å². The van der Waals surface area contributed by atoms with E-state index in [9.17, 15) is 8.78 Å². The van der Waals surface area contributed by atoms with E-state index in [1.165, 1.54) is 6.07 Å². The van der Waals surface area contributed by atoms with E-state index in [0.717, 1.165) is 17.3 Å². The molecule has 0 spiro atoms. The van der Waals surface area contributed by atoms with Gasteiger partial charge in [-0.3, -0.25) is 4.98 Å². The molecular formula is C16H18F2N2. The number of hydrogen-bond acceptors (Lipinski definition) is 2. The van der Waals surface area contributed by atoms with Crippen LogP contribution in [0.1, 0.15) is 29.8 Å². The van der Waals surface area contributed by atoms with Gasteiger partial charge >= 0.3 is 0 Å². The number of hydrogen-bond donors (Lipinski definition) is 1. The predicted molar refractivity (Wildman–Crippen MR) is 75.5 cm³/mol. The van der Waals surface area contributed by atoms with Crippen LogP contribution >= 0.6 is 0 Å². The first-order valence-corrected chi connectivity index (χ1v) is 6.70. The Morgan fingerprint density at radius 3 is 2.65 bits per heavy atom. The second-order valence-electron chi connectivity index (χ2n) is 4.78. The molecule has 1 heterocycles. The maximum Gasteiger partial charge on any atom is 0.163 e. The van der Waals surface area contributed by atoms with Crippen molar-refractivity contribution >= 4 is 0 Å². The molecule has 0 bridgehead atoms. The summed E-state index contributed by atoms with van der Waals surface area (Å²) in [4.78, 5) is 4.32. The summed E-state index contributed by atoms with van der Waals surface area (Å²) in [7, 11) is 0. The van der Waals surface area contributed by atoms with Crippen LogP contribution in [0.15, 0.2) is 36.5 Å².